The van der Waals surface area contributed by atoms with E-state index in [0.717, 1.165) is 11.3 Å². The van der Waals surface area contributed by atoms with Crippen LogP contribution in [0.2, 0.25) is 0 Å². The lowest BCUT2D eigenvalue weighted by Crippen LogP contribution is -2.04. The van der Waals surface area contributed by atoms with Gasteiger partial charge in [0.05, 0.1) is 5.03 Å². The van der Waals surface area contributed by atoms with Crippen LogP contribution in [-0.2, 0) is 4.79 Å². The van der Waals surface area contributed by atoms with E-state index in [4.69, 9.17) is 0 Å². The first-order chi connectivity index (χ1) is 6.49. The maximum Gasteiger partial charge on any atom is 0.125 e. The summed E-state index contributed by atoms with van der Waals surface area (Å²) in [5, 5.41) is 1.08. The Bertz CT molecular complexity index is 254. The van der Waals surface area contributed by atoms with Crippen LogP contribution in [0, 0.1) is 5.41 Å². The summed E-state index contributed by atoms with van der Waals surface area (Å²) in [7, 11) is 0. The summed E-state index contributed by atoms with van der Waals surface area (Å²) in [6.07, 6.45) is 4.75. The number of nitrogens with zero attached hydrogens (tertiary/aromatic N) is 1. The molecule has 0 aliphatic rings. The number of aromatic nitrogens is 1. The fourth-order valence-corrected chi connectivity index (χ4v) is 0.849. The van der Waals surface area contributed by atoms with E-state index in [2.05, 4.69) is 4.98 Å². The van der Waals surface area contributed by atoms with Crippen LogP contribution in [0.4, 0.5) is 0 Å². The SMILES string of the molecule is CC(C)(C)C=O.CSc1ccccn1. The molecule has 0 aromatic carbocycles. The Balaban J connectivity index is 0.000000255. The van der Waals surface area contributed by atoms with E-state index >= 15 is 0 Å². The van der Waals surface area contributed by atoms with Crippen molar-refractivity contribution in [2.45, 2.75) is 25.8 Å². The first-order valence-corrected chi connectivity index (χ1v) is 5.63. The van der Waals surface area contributed by atoms with Gasteiger partial charge in [0.15, 0.2) is 0 Å². The van der Waals surface area contributed by atoms with Crippen LogP contribution >= 0.6 is 11.8 Å². The molecule has 1 rings (SSSR count). The van der Waals surface area contributed by atoms with Crippen molar-refractivity contribution >= 4 is 18.0 Å². The number of thioether (sulfide) groups is 1. The van der Waals surface area contributed by atoms with Gasteiger partial charge in [0.25, 0.3) is 0 Å². The standard InChI is InChI=1S/C6H7NS.C5H10O/c1-8-6-4-2-3-5-7-6;1-5(2,3)4-6/h2-5H,1H3;4H,1-3H3. The molecule has 0 aliphatic heterocycles. The van der Waals surface area contributed by atoms with E-state index in [1.165, 1.54) is 0 Å². The van der Waals surface area contributed by atoms with Crippen molar-refractivity contribution in [2.75, 3.05) is 6.26 Å². The van der Waals surface area contributed by atoms with Crippen molar-refractivity contribution < 1.29 is 4.79 Å². The molecule has 0 fully saturated rings. The van der Waals surface area contributed by atoms with Crippen molar-refractivity contribution in [2.24, 2.45) is 5.41 Å². The number of hydrogen-bond donors (Lipinski definition) is 0. The quantitative estimate of drug-likeness (QED) is 0.528. The molecule has 2 nitrogen and oxygen atoms in total. The molecule has 1 aromatic rings. The highest BCUT2D eigenvalue weighted by Gasteiger charge is 2.04. The molecule has 0 amide bonds. The van der Waals surface area contributed by atoms with Gasteiger partial charge in [-0.05, 0) is 18.4 Å². The van der Waals surface area contributed by atoms with Crippen LogP contribution in [0.25, 0.3) is 0 Å². The van der Waals surface area contributed by atoms with Crippen molar-refractivity contribution in [3.05, 3.63) is 24.4 Å². The normalized spacial score (nSPS) is 10.0. The molecule has 14 heavy (non-hydrogen) atoms. The van der Waals surface area contributed by atoms with Crippen LogP contribution in [0.1, 0.15) is 20.8 Å². The van der Waals surface area contributed by atoms with E-state index in [1.807, 2.05) is 45.2 Å². The summed E-state index contributed by atoms with van der Waals surface area (Å²) in [5.41, 5.74) is -0.139. The average molecular weight is 211 g/mol. The molecule has 0 saturated heterocycles. The molecule has 0 aliphatic carbocycles. The van der Waals surface area contributed by atoms with Crippen molar-refractivity contribution in [3.8, 4) is 0 Å². The molecule has 0 radical (unpaired) electrons. The third kappa shape index (κ3) is 7.80. The number of carbonyl (C=O) groups is 1. The van der Waals surface area contributed by atoms with E-state index in [0.29, 0.717) is 0 Å². The highest BCUT2D eigenvalue weighted by Crippen LogP contribution is 2.07. The number of pyridine rings is 1. The summed E-state index contributed by atoms with van der Waals surface area (Å²) < 4.78 is 0. The van der Waals surface area contributed by atoms with Crippen molar-refractivity contribution in [3.63, 3.8) is 0 Å². The summed E-state index contributed by atoms with van der Waals surface area (Å²) in [5.74, 6) is 0. The van der Waals surface area contributed by atoms with Gasteiger partial charge in [0.1, 0.15) is 6.29 Å². The predicted octanol–water partition coefficient (Wildman–Crippen LogP) is 3.03. The van der Waals surface area contributed by atoms with Gasteiger partial charge < -0.3 is 4.79 Å². The maximum atomic E-state index is 9.83. The highest BCUT2D eigenvalue weighted by molar-refractivity contribution is 7.98. The molecule has 0 N–H and O–H groups in total. The first-order valence-electron chi connectivity index (χ1n) is 4.41. The van der Waals surface area contributed by atoms with E-state index in [9.17, 15) is 4.79 Å². The lowest BCUT2D eigenvalue weighted by Gasteiger charge is -2.03. The van der Waals surface area contributed by atoms with Gasteiger partial charge in [-0.15, -0.1) is 11.8 Å². The van der Waals surface area contributed by atoms with Crippen LogP contribution < -0.4 is 0 Å². The molecule has 0 saturated carbocycles. The third-order valence-electron chi connectivity index (χ3n) is 1.20. The summed E-state index contributed by atoms with van der Waals surface area (Å²) in [6.45, 7) is 5.62. The smallest absolute Gasteiger partial charge is 0.125 e. The topological polar surface area (TPSA) is 30.0 Å². The molecule has 1 heterocycles. The van der Waals surface area contributed by atoms with Crippen molar-refractivity contribution in [1.82, 2.24) is 4.98 Å². The van der Waals surface area contributed by atoms with E-state index in [1.54, 1.807) is 18.0 Å². The molecule has 1 aromatic heterocycles. The van der Waals surface area contributed by atoms with Gasteiger partial charge in [-0.2, -0.15) is 0 Å². The minimum atomic E-state index is -0.139. The number of hydrogen-bond acceptors (Lipinski definition) is 3. The Morgan fingerprint density at radius 1 is 1.36 bits per heavy atom. The third-order valence-corrected chi connectivity index (χ3v) is 1.86. The molecule has 0 unspecified atom stereocenters. The van der Waals surface area contributed by atoms with Gasteiger partial charge in [-0.3, -0.25) is 0 Å². The monoisotopic (exact) mass is 211 g/mol. The molecule has 0 atom stereocenters. The lowest BCUT2D eigenvalue weighted by atomic mass is 10.0. The highest BCUT2D eigenvalue weighted by atomic mass is 32.2. The zero-order chi connectivity index (χ0) is 11.0. The van der Waals surface area contributed by atoms with Crippen LogP contribution in [0.5, 0.6) is 0 Å². The summed E-state index contributed by atoms with van der Waals surface area (Å²) in [6, 6.07) is 5.89. The van der Waals surface area contributed by atoms with Crippen LogP contribution in [0.3, 0.4) is 0 Å². The Morgan fingerprint density at radius 2 is 1.93 bits per heavy atom. The second-order valence-electron chi connectivity index (χ2n) is 3.86. The number of carbonyl (C=O) groups excluding carboxylic acids is 1. The predicted molar refractivity (Wildman–Crippen MR) is 61.5 cm³/mol. The van der Waals surface area contributed by atoms with Crippen molar-refractivity contribution in [1.29, 1.82) is 0 Å². The number of aldehydes is 1. The molecular formula is C11H17NOS. The van der Waals surface area contributed by atoms with Gasteiger partial charge in [0, 0.05) is 11.6 Å². The average Bonchev–Trinajstić information content (AvgIpc) is 2.19. The van der Waals surface area contributed by atoms with E-state index < -0.39 is 0 Å². The molecule has 0 bridgehead atoms. The van der Waals surface area contributed by atoms with Crippen LogP contribution in [0.15, 0.2) is 29.4 Å². The minimum Gasteiger partial charge on any atom is -0.303 e. The Hall–Kier alpha value is -0.830. The molecule has 3 heteroatoms. The second kappa shape index (κ2) is 6.60. The fourth-order valence-electron chi connectivity index (χ4n) is 0.468. The molecule has 0 spiro atoms. The minimum absolute atomic E-state index is 0.139. The first kappa shape index (κ1) is 13.2. The van der Waals surface area contributed by atoms with Gasteiger partial charge in [-0.1, -0.05) is 26.8 Å². The molecule has 78 valence electrons. The zero-order valence-corrected chi connectivity index (χ0v) is 9.97. The lowest BCUT2D eigenvalue weighted by molar-refractivity contribution is -0.113. The van der Waals surface area contributed by atoms with Crippen LogP contribution in [-0.4, -0.2) is 17.5 Å². The van der Waals surface area contributed by atoms with Gasteiger partial charge in [0.2, 0.25) is 0 Å². The summed E-state index contributed by atoms with van der Waals surface area (Å²) >= 11 is 1.66. The largest absolute Gasteiger partial charge is 0.303 e. The van der Waals surface area contributed by atoms with Gasteiger partial charge >= 0.3 is 0 Å². The van der Waals surface area contributed by atoms with E-state index in [-0.39, 0.29) is 5.41 Å². The Labute approximate surface area is 90.1 Å². The fraction of sp³-hybridized carbons (Fsp3) is 0.455. The summed E-state index contributed by atoms with van der Waals surface area (Å²) in [4.78, 5) is 13.9. The van der Waals surface area contributed by atoms with Gasteiger partial charge in [-0.25, -0.2) is 4.98 Å². The maximum absolute atomic E-state index is 9.83. The number of rotatable bonds is 1. The Morgan fingerprint density at radius 3 is 2.14 bits per heavy atom. The second-order valence-corrected chi connectivity index (χ2v) is 4.68. The Kier molecular flexibility index (Phi) is 6.21. The zero-order valence-electron chi connectivity index (χ0n) is 9.15. The molecular weight excluding hydrogens is 194 g/mol.